The zero-order chi connectivity index (χ0) is 19.5. The third-order valence-electron chi connectivity index (χ3n) is 3.25. The summed E-state index contributed by atoms with van der Waals surface area (Å²) in [6.07, 6.45) is -3.37. The molecule has 0 radical (unpaired) electrons. The second-order valence-electron chi connectivity index (χ2n) is 5.69. The van der Waals surface area contributed by atoms with E-state index in [4.69, 9.17) is 21.3 Å². The number of rotatable bonds is 4. The van der Waals surface area contributed by atoms with Crippen molar-refractivity contribution in [1.29, 1.82) is 5.26 Å². The monoisotopic (exact) mass is 382 g/mol. The molecule has 0 atom stereocenters. The molecule has 4 nitrogen and oxygen atoms in total. The summed E-state index contributed by atoms with van der Waals surface area (Å²) < 4.78 is 44.3. The summed E-state index contributed by atoms with van der Waals surface area (Å²) in [5, 5.41) is 11.3. The summed E-state index contributed by atoms with van der Waals surface area (Å²) in [6.45, 7) is 3.49. The highest BCUT2D eigenvalue weighted by Gasteiger charge is 2.33. The first-order valence-electron chi connectivity index (χ1n) is 7.51. The largest absolute Gasteiger partial charge is 0.457 e. The molecule has 0 saturated heterocycles. The van der Waals surface area contributed by atoms with Gasteiger partial charge in [0.15, 0.2) is 0 Å². The van der Waals surface area contributed by atoms with Crippen molar-refractivity contribution in [2.24, 2.45) is 0 Å². The van der Waals surface area contributed by atoms with Crippen LogP contribution in [0, 0.1) is 11.3 Å². The van der Waals surface area contributed by atoms with Gasteiger partial charge in [-0.3, -0.25) is 4.79 Å². The van der Waals surface area contributed by atoms with E-state index in [9.17, 15) is 18.0 Å². The van der Waals surface area contributed by atoms with Crippen LogP contribution in [-0.2, 0) is 11.0 Å². The fraction of sp³-hybridized carbons (Fsp3) is 0.222. The van der Waals surface area contributed by atoms with Gasteiger partial charge in [0, 0.05) is 17.7 Å². The predicted molar refractivity (Wildman–Crippen MR) is 91.0 cm³/mol. The molecule has 136 valence electrons. The van der Waals surface area contributed by atoms with Crippen LogP contribution in [-0.4, -0.2) is 11.9 Å². The molecule has 8 heteroatoms. The summed E-state index contributed by atoms with van der Waals surface area (Å²) in [4.78, 5) is 11.9. The van der Waals surface area contributed by atoms with Gasteiger partial charge in [-0.25, -0.2) is 0 Å². The number of benzene rings is 1. The third-order valence-corrected chi connectivity index (χ3v) is 3.58. The molecule has 0 bridgehead atoms. The maximum atomic E-state index is 13.0. The molecule has 0 aliphatic carbocycles. The van der Waals surface area contributed by atoms with Crippen molar-refractivity contribution in [2.75, 3.05) is 0 Å². The highest BCUT2D eigenvalue weighted by Crippen LogP contribution is 2.37. The first kappa shape index (κ1) is 19.6. The van der Waals surface area contributed by atoms with Crippen LogP contribution in [0.2, 0.25) is 5.02 Å². The Balaban J connectivity index is 2.34. The van der Waals surface area contributed by atoms with Crippen LogP contribution in [0.3, 0.4) is 0 Å². The average molecular weight is 383 g/mol. The summed E-state index contributed by atoms with van der Waals surface area (Å²) >= 11 is 5.60. The average Bonchev–Trinajstić information content (AvgIpc) is 2.99. The topological polar surface area (TPSA) is 66.0 Å². The number of hydrogen-bond acceptors (Lipinski definition) is 3. The Morgan fingerprint density at radius 1 is 1.31 bits per heavy atom. The molecule has 2 aromatic rings. The lowest BCUT2D eigenvalue weighted by Crippen LogP contribution is -2.30. The van der Waals surface area contributed by atoms with Crippen molar-refractivity contribution < 1.29 is 22.4 Å². The Kier molecular flexibility index (Phi) is 5.78. The van der Waals surface area contributed by atoms with E-state index in [0.29, 0.717) is 0 Å². The molecule has 0 aliphatic heterocycles. The second-order valence-corrected chi connectivity index (χ2v) is 6.10. The summed E-state index contributed by atoms with van der Waals surface area (Å²) in [5.41, 5.74) is -0.975. The molecular formula is C18H14ClF3N2O2. The van der Waals surface area contributed by atoms with Gasteiger partial charge in [0.25, 0.3) is 5.91 Å². The van der Waals surface area contributed by atoms with Crippen LogP contribution in [0.25, 0.3) is 17.4 Å². The zero-order valence-electron chi connectivity index (χ0n) is 13.8. The fourth-order valence-corrected chi connectivity index (χ4v) is 2.34. The van der Waals surface area contributed by atoms with Crippen molar-refractivity contribution in [1.82, 2.24) is 5.32 Å². The molecule has 0 fully saturated rings. The number of nitrogens with zero attached hydrogens (tertiary/aromatic N) is 1. The van der Waals surface area contributed by atoms with Gasteiger partial charge in [-0.15, -0.1) is 0 Å². The molecule has 1 aromatic carbocycles. The Hall–Kier alpha value is -2.72. The quantitative estimate of drug-likeness (QED) is 0.594. The number of carbonyl (C=O) groups is 1. The van der Waals surface area contributed by atoms with E-state index in [-0.39, 0.29) is 28.7 Å². The van der Waals surface area contributed by atoms with Crippen molar-refractivity contribution in [3.8, 4) is 17.4 Å². The van der Waals surface area contributed by atoms with Gasteiger partial charge in [0.05, 0.1) is 10.6 Å². The number of nitriles is 1. The van der Waals surface area contributed by atoms with Crippen LogP contribution in [0.5, 0.6) is 0 Å². The minimum atomic E-state index is -4.59. The van der Waals surface area contributed by atoms with Gasteiger partial charge < -0.3 is 9.73 Å². The highest BCUT2D eigenvalue weighted by atomic mass is 35.5. The zero-order valence-corrected chi connectivity index (χ0v) is 14.6. The minimum Gasteiger partial charge on any atom is -0.457 e. The molecule has 1 aromatic heterocycles. The van der Waals surface area contributed by atoms with Crippen LogP contribution in [0.1, 0.15) is 25.2 Å². The molecule has 2 rings (SSSR count). The van der Waals surface area contributed by atoms with Gasteiger partial charge in [0.2, 0.25) is 0 Å². The van der Waals surface area contributed by atoms with Crippen LogP contribution in [0.4, 0.5) is 13.2 Å². The van der Waals surface area contributed by atoms with Crippen molar-refractivity contribution in [2.45, 2.75) is 26.1 Å². The van der Waals surface area contributed by atoms with E-state index in [1.165, 1.54) is 24.3 Å². The number of nitrogens with one attached hydrogen (secondary N) is 1. The SMILES string of the molecule is CC(C)NC(=O)/C(C#N)=C/c1ccc(-c2ccc(Cl)c(C(F)(F)F)c2)o1. The Morgan fingerprint density at radius 2 is 2.00 bits per heavy atom. The van der Waals surface area contributed by atoms with E-state index in [1.807, 2.05) is 0 Å². The molecule has 0 aliphatic rings. The second kappa shape index (κ2) is 7.67. The first-order chi connectivity index (χ1) is 12.1. The number of alkyl halides is 3. The molecule has 1 amide bonds. The molecule has 26 heavy (non-hydrogen) atoms. The normalized spacial score (nSPS) is 12.2. The van der Waals surface area contributed by atoms with Crippen molar-refractivity contribution >= 4 is 23.6 Å². The van der Waals surface area contributed by atoms with Crippen LogP contribution < -0.4 is 5.32 Å². The van der Waals surface area contributed by atoms with Crippen molar-refractivity contribution in [3.63, 3.8) is 0 Å². The van der Waals surface area contributed by atoms with Gasteiger partial charge in [-0.2, -0.15) is 18.4 Å². The lowest BCUT2D eigenvalue weighted by atomic mass is 10.1. The van der Waals surface area contributed by atoms with Crippen LogP contribution >= 0.6 is 11.6 Å². The van der Waals surface area contributed by atoms with Gasteiger partial charge >= 0.3 is 6.18 Å². The van der Waals surface area contributed by atoms with Crippen molar-refractivity contribution in [3.05, 3.63) is 52.3 Å². The number of furan rings is 1. The highest BCUT2D eigenvalue weighted by molar-refractivity contribution is 6.31. The Bertz CT molecular complexity index is 893. The Morgan fingerprint density at radius 3 is 2.58 bits per heavy atom. The third kappa shape index (κ3) is 4.67. The van der Waals surface area contributed by atoms with E-state index in [0.717, 1.165) is 12.1 Å². The maximum absolute atomic E-state index is 13.0. The van der Waals surface area contributed by atoms with E-state index < -0.39 is 22.7 Å². The number of hydrogen-bond donors (Lipinski definition) is 1. The molecule has 1 N–H and O–H groups in total. The summed E-state index contributed by atoms with van der Waals surface area (Å²) in [7, 11) is 0. The molecule has 0 saturated carbocycles. The Labute approximate surface area is 152 Å². The molecule has 0 spiro atoms. The standard InChI is InChI=1S/C18H14ClF3N2O2/c1-10(2)24-17(25)12(9-23)7-13-4-6-16(26-13)11-3-5-15(19)14(8-11)18(20,21)22/h3-8,10H,1-2H3,(H,24,25)/b12-7+. The van der Waals surface area contributed by atoms with E-state index in [2.05, 4.69) is 5.32 Å². The molecule has 0 unspecified atom stereocenters. The van der Waals surface area contributed by atoms with Gasteiger partial charge in [0.1, 0.15) is 23.2 Å². The first-order valence-corrected chi connectivity index (χ1v) is 7.89. The number of carbonyl (C=O) groups excluding carboxylic acids is 1. The van der Waals surface area contributed by atoms with Crippen LogP contribution in [0.15, 0.2) is 40.3 Å². The summed E-state index contributed by atoms with van der Waals surface area (Å²) in [5.74, 6) is -0.245. The maximum Gasteiger partial charge on any atom is 0.417 e. The molecule has 1 heterocycles. The predicted octanol–water partition coefficient (Wildman–Crippen LogP) is 5.05. The van der Waals surface area contributed by atoms with Gasteiger partial charge in [-0.1, -0.05) is 11.6 Å². The fourth-order valence-electron chi connectivity index (χ4n) is 2.11. The minimum absolute atomic E-state index is 0.152. The van der Waals surface area contributed by atoms with E-state index in [1.54, 1.807) is 19.9 Å². The number of amides is 1. The molecular weight excluding hydrogens is 369 g/mol. The summed E-state index contributed by atoms with van der Waals surface area (Å²) in [6, 6.07) is 7.92. The van der Waals surface area contributed by atoms with Gasteiger partial charge in [-0.05, 0) is 44.2 Å². The smallest absolute Gasteiger partial charge is 0.417 e. The lowest BCUT2D eigenvalue weighted by Gasteiger charge is -2.09. The lowest BCUT2D eigenvalue weighted by molar-refractivity contribution is -0.137. The van der Waals surface area contributed by atoms with E-state index >= 15 is 0 Å². The number of halogens is 4.